The number of benzene rings is 1. The summed E-state index contributed by atoms with van der Waals surface area (Å²) in [4.78, 5) is 2.54. The summed E-state index contributed by atoms with van der Waals surface area (Å²) in [5.41, 5.74) is 7.79. The van der Waals surface area contributed by atoms with Gasteiger partial charge in [-0.2, -0.15) is 0 Å². The summed E-state index contributed by atoms with van der Waals surface area (Å²) in [7, 11) is 0. The highest BCUT2D eigenvalue weighted by atomic mass is 79.9. The van der Waals surface area contributed by atoms with Gasteiger partial charge in [0.1, 0.15) is 0 Å². The van der Waals surface area contributed by atoms with Crippen LogP contribution in [-0.4, -0.2) is 24.5 Å². The maximum Gasteiger partial charge on any atom is 0.0464 e. The van der Waals surface area contributed by atoms with E-state index in [9.17, 15) is 0 Å². The van der Waals surface area contributed by atoms with E-state index in [4.69, 9.17) is 17.3 Å². The van der Waals surface area contributed by atoms with E-state index >= 15 is 0 Å². The van der Waals surface area contributed by atoms with Crippen LogP contribution in [0.4, 0.5) is 0 Å². The lowest BCUT2D eigenvalue weighted by molar-refractivity contribution is 0.115. The van der Waals surface area contributed by atoms with Crippen molar-refractivity contribution in [3.8, 4) is 0 Å². The van der Waals surface area contributed by atoms with Crippen molar-refractivity contribution in [1.82, 2.24) is 4.90 Å². The summed E-state index contributed by atoms with van der Waals surface area (Å²) >= 11 is 9.69. The Morgan fingerprint density at radius 2 is 2.20 bits per heavy atom. The van der Waals surface area contributed by atoms with E-state index in [0.29, 0.717) is 5.41 Å². The van der Waals surface area contributed by atoms with Crippen molar-refractivity contribution in [2.24, 2.45) is 11.1 Å². The summed E-state index contributed by atoms with van der Waals surface area (Å²) in [6.45, 7) is 8.13. The van der Waals surface area contributed by atoms with Crippen molar-refractivity contribution in [3.63, 3.8) is 0 Å². The van der Waals surface area contributed by atoms with Gasteiger partial charge < -0.3 is 10.6 Å². The minimum atomic E-state index is 0.0145. The van der Waals surface area contributed by atoms with Gasteiger partial charge in [0.15, 0.2) is 0 Å². The van der Waals surface area contributed by atoms with Crippen molar-refractivity contribution in [2.75, 3.05) is 19.6 Å². The van der Waals surface area contributed by atoms with Crippen molar-refractivity contribution >= 4 is 27.5 Å². The monoisotopic (exact) mass is 358 g/mol. The lowest BCUT2D eigenvalue weighted by Crippen LogP contribution is -2.41. The maximum absolute atomic E-state index is 6.30. The number of nitrogens with two attached hydrogens (primary N) is 1. The molecule has 20 heavy (non-hydrogen) atoms. The van der Waals surface area contributed by atoms with Gasteiger partial charge in [-0.1, -0.05) is 47.4 Å². The highest BCUT2D eigenvalue weighted by molar-refractivity contribution is 9.10. The zero-order valence-electron chi connectivity index (χ0n) is 12.3. The third-order valence-electron chi connectivity index (χ3n) is 4.10. The number of halogens is 2. The fraction of sp³-hybridized carbons (Fsp3) is 0.625. The van der Waals surface area contributed by atoms with Gasteiger partial charge in [0.2, 0.25) is 0 Å². The molecule has 0 radical (unpaired) electrons. The topological polar surface area (TPSA) is 29.3 Å². The molecule has 112 valence electrons. The Kier molecular flexibility index (Phi) is 5.52. The van der Waals surface area contributed by atoms with E-state index in [0.717, 1.165) is 28.0 Å². The van der Waals surface area contributed by atoms with Crippen LogP contribution in [0, 0.1) is 5.41 Å². The van der Waals surface area contributed by atoms with Crippen LogP contribution in [0.15, 0.2) is 22.7 Å². The molecule has 1 aromatic carbocycles. The van der Waals surface area contributed by atoms with Crippen LogP contribution in [0.1, 0.15) is 44.7 Å². The van der Waals surface area contributed by atoms with Gasteiger partial charge in [0.25, 0.3) is 0 Å². The van der Waals surface area contributed by atoms with Gasteiger partial charge in [-0.3, -0.25) is 0 Å². The van der Waals surface area contributed by atoms with Crippen molar-refractivity contribution in [2.45, 2.75) is 39.2 Å². The average Bonchev–Trinajstić information content (AvgIpc) is 2.35. The SMILES string of the molecule is CC1(C)CCCN(CCC(N)c2ccc(Br)cc2Cl)C1. The van der Waals surface area contributed by atoms with Crippen LogP contribution in [0.2, 0.25) is 5.02 Å². The summed E-state index contributed by atoms with van der Waals surface area (Å²) < 4.78 is 0.997. The molecule has 1 saturated heterocycles. The first-order valence-electron chi connectivity index (χ1n) is 7.30. The number of piperidine rings is 1. The van der Waals surface area contributed by atoms with Gasteiger partial charge in [0.05, 0.1) is 0 Å². The standard InChI is InChI=1S/C16H24BrClN2/c1-16(2)7-3-8-20(11-16)9-6-15(19)13-5-4-12(17)10-14(13)18/h4-5,10,15H,3,6-9,11,19H2,1-2H3. The second-order valence-corrected chi connectivity index (χ2v) is 7.93. The highest BCUT2D eigenvalue weighted by Gasteiger charge is 2.26. The third kappa shape index (κ3) is 4.45. The normalized spacial score (nSPS) is 20.9. The zero-order chi connectivity index (χ0) is 14.8. The average molecular weight is 360 g/mol. The van der Waals surface area contributed by atoms with Gasteiger partial charge in [-0.25, -0.2) is 0 Å². The third-order valence-corrected chi connectivity index (χ3v) is 4.92. The van der Waals surface area contributed by atoms with Gasteiger partial charge in [-0.05, 0) is 55.5 Å². The Bertz CT molecular complexity index is 462. The molecule has 2 rings (SSSR count). The Morgan fingerprint density at radius 3 is 2.85 bits per heavy atom. The summed E-state index contributed by atoms with van der Waals surface area (Å²) in [5.74, 6) is 0. The largest absolute Gasteiger partial charge is 0.324 e. The van der Waals surface area contributed by atoms with Crippen LogP contribution < -0.4 is 5.73 Å². The lowest BCUT2D eigenvalue weighted by atomic mass is 9.84. The predicted octanol–water partition coefficient (Wildman–Crippen LogP) is 4.61. The second kappa shape index (κ2) is 6.78. The molecule has 0 amide bonds. The Morgan fingerprint density at radius 1 is 1.45 bits per heavy atom. The first-order valence-corrected chi connectivity index (χ1v) is 8.47. The van der Waals surface area contributed by atoms with E-state index in [1.807, 2.05) is 18.2 Å². The van der Waals surface area contributed by atoms with Crippen molar-refractivity contribution in [1.29, 1.82) is 0 Å². The number of hydrogen-bond acceptors (Lipinski definition) is 2. The van der Waals surface area contributed by atoms with E-state index in [1.165, 1.54) is 25.9 Å². The number of hydrogen-bond donors (Lipinski definition) is 1. The van der Waals surface area contributed by atoms with Crippen molar-refractivity contribution < 1.29 is 0 Å². The van der Waals surface area contributed by atoms with Gasteiger partial charge in [-0.15, -0.1) is 0 Å². The summed E-state index contributed by atoms with van der Waals surface area (Å²) in [6.07, 6.45) is 3.58. The molecule has 0 bridgehead atoms. The molecule has 2 N–H and O–H groups in total. The van der Waals surface area contributed by atoms with Crippen LogP contribution in [0.3, 0.4) is 0 Å². The molecule has 1 atom stereocenters. The number of rotatable bonds is 4. The van der Waals surface area contributed by atoms with Crippen LogP contribution in [-0.2, 0) is 0 Å². The molecular weight excluding hydrogens is 336 g/mol. The van der Waals surface area contributed by atoms with E-state index in [2.05, 4.69) is 34.7 Å². The second-order valence-electron chi connectivity index (χ2n) is 6.60. The number of nitrogens with zero attached hydrogens (tertiary/aromatic N) is 1. The molecular formula is C16H24BrClN2. The molecule has 1 unspecified atom stereocenters. The van der Waals surface area contributed by atoms with Gasteiger partial charge >= 0.3 is 0 Å². The molecule has 0 spiro atoms. The minimum Gasteiger partial charge on any atom is -0.324 e. The Balaban J connectivity index is 1.90. The molecule has 1 heterocycles. The zero-order valence-corrected chi connectivity index (χ0v) is 14.7. The molecule has 4 heteroatoms. The molecule has 1 aliphatic heterocycles. The molecule has 2 nitrogen and oxygen atoms in total. The summed E-state index contributed by atoms with van der Waals surface area (Å²) in [6, 6.07) is 5.96. The first-order chi connectivity index (χ1) is 9.37. The Labute approximate surface area is 135 Å². The smallest absolute Gasteiger partial charge is 0.0464 e. The highest BCUT2D eigenvalue weighted by Crippen LogP contribution is 2.30. The number of likely N-dealkylation sites (tertiary alicyclic amines) is 1. The molecule has 0 saturated carbocycles. The van der Waals surface area contributed by atoms with E-state index in [1.54, 1.807) is 0 Å². The fourth-order valence-corrected chi connectivity index (χ4v) is 3.83. The minimum absolute atomic E-state index is 0.0145. The predicted molar refractivity (Wildman–Crippen MR) is 90.2 cm³/mol. The van der Waals surface area contributed by atoms with Crippen LogP contribution in [0.25, 0.3) is 0 Å². The fourth-order valence-electron chi connectivity index (χ4n) is 3.01. The summed E-state index contributed by atoms with van der Waals surface area (Å²) in [5, 5.41) is 0.755. The quantitative estimate of drug-likeness (QED) is 0.850. The van der Waals surface area contributed by atoms with E-state index < -0.39 is 0 Å². The van der Waals surface area contributed by atoms with Crippen LogP contribution in [0.5, 0.6) is 0 Å². The molecule has 1 aromatic rings. The van der Waals surface area contributed by atoms with E-state index in [-0.39, 0.29) is 6.04 Å². The molecule has 1 aliphatic rings. The first kappa shape index (κ1) is 16.3. The van der Waals surface area contributed by atoms with Crippen LogP contribution >= 0.6 is 27.5 Å². The molecule has 0 aliphatic carbocycles. The Hall–Kier alpha value is -0.0900. The lowest BCUT2D eigenvalue weighted by Gasteiger charge is -2.38. The molecule has 0 aromatic heterocycles. The maximum atomic E-state index is 6.30. The molecule has 1 fully saturated rings. The van der Waals surface area contributed by atoms with Crippen molar-refractivity contribution in [3.05, 3.63) is 33.3 Å². The van der Waals surface area contributed by atoms with Gasteiger partial charge in [0, 0.05) is 22.1 Å².